The standard InChI is InChI=1S/C28H25NO3/c1-19-16-28(17-19,21-8-3-2-4-9-21)25-15-23(13-14-24(25)27(30)31)32-18-22-12-11-20-7-5-6-10-26(20)29-22/h2-15,19H,16-18H2,1H3,(H,30,31). The Morgan fingerprint density at radius 2 is 1.75 bits per heavy atom. The largest absolute Gasteiger partial charge is 0.487 e. The van der Waals surface area contributed by atoms with Gasteiger partial charge in [-0.3, -0.25) is 0 Å². The molecule has 0 aliphatic heterocycles. The van der Waals surface area contributed by atoms with E-state index in [9.17, 15) is 9.90 Å². The van der Waals surface area contributed by atoms with Crippen LogP contribution in [0.4, 0.5) is 0 Å². The Balaban J connectivity index is 1.48. The number of ether oxygens (including phenoxy) is 1. The minimum absolute atomic E-state index is 0.297. The topological polar surface area (TPSA) is 59.4 Å². The first-order chi connectivity index (χ1) is 15.5. The van der Waals surface area contributed by atoms with Crippen molar-refractivity contribution in [2.24, 2.45) is 5.92 Å². The summed E-state index contributed by atoms with van der Waals surface area (Å²) in [6.45, 7) is 2.54. The number of aromatic nitrogens is 1. The molecule has 0 bridgehead atoms. The summed E-state index contributed by atoms with van der Waals surface area (Å²) in [5.41, 5.74) is 3.81. The molecule has 1 saturated carbocycles. The Kier molecular flexibility index (Phi) is 5.14. The van der Waals surface area contributed by atoms with Crippen molar-refractivity contribution in [1.82, 2.24) is 4.98 Å². The number of fused-ring (bicyclic) bond motifs is 1. The van der Waals surface area contributed by atoms with E-state index in [2.05, 4.69) is 24.0 Å². The van der Waals surface area contributed by atoms with Crippen LogP contribution in [0.25, 0.3) is 10.9 Å². The zero-order valence-electron chi connectivity index (χ0n) is 18.0. The van der Waals surface area contributed by atoms with Crippen molar-refractivity contribution in [1.29, 1.82) is 0 Å². The summed E-state index contributed by atoms with van der Waals surface area (Å²) in [6.07, 6.45) is 1.85. The van der Waals surface area contributed by atoms with Crippen molar-refractivity contribution in [3.8, 4) is 5.75 Å². The van der Waals surface area contributed by atoms with Gasteiger partial charge in [-0.15, -0.1) is 0 Å². The van der Waals surface area contributed by atoms with Gasteiger partial charge in [0.05, 0.1) is 16.8 Å². The van der Waals surface area contributed by atoms with Crippen LogP contribution < -0.4 is 4.74 Å². The fourth-order valence-electron chi connectivity index (χ4n) is 5.04. The van der Waals surface area contributed by atoms with Crippen molar-refractivity contribution in [2.75, 3.05) is 0 Å². The molecule has 3 aromatic carbocycles. The minimum Gasteiger partial charge on any atom is -0.487 e. The second-order valence-electron chi connectivity index (χ2n) is 8.76. The molecule has 4 heteroatoms. The summed E-state index contributed by atoms with van der Waals surface area (Å²) in [5.74, 6) is 0.302. The number of para-hydroxylation sites is 1. The SMILES string of the molecule is CC1CC(c2ccccc2)(c2cc(OCc3ccc4ccccc4n3)ccc2C(=O)O)C1. The maximum Gasteiger partial charge on any atom is 0.336 e. The van der Waals surface area contributed by atoms with Gasteiger partial charge in [0.2, 0.25) is 0 Å². The van der Waals surface area contributed by atoms with Gasteiger partial charge in [0.15, 0.2) is 0 Å². The lowest BCUT2D eigenvalue weighted by Gasteiger charge is -2.48. The highest BCUT2D eigenvalue weighted by atomic mass is 16.5. The van der Waals surface area contributed by atoms with Crippen LogP contribution in [0.2, 0.25) is 0 Å². The molecule has 0 spiro atoms. The number of benzene rings is 3. The quantitative estimate of drug-likeness (QED) is 0.399. The zero-order valence-corrected chi connectivity index (χ0v) is 18.0. The molecular formula is C28H25NO3. The van der Waals surface area contributed by atoms with Gasteiger partial charge in [0, 0.05) is 10.8 Å². The Morgan fingerprint density at radius 3 is 2.50 bits per heavy atom. The van der Waals surface area contributed by atoms with Gasteiger partial charge >= 0.3 is 5.97 Å². The first-order valence-corrected chi connectivity index (χ1v) is 11.0. The van der Waals surface area contributed by atoms with Crippen LogP contribution in [0.1, 0.15) is 46.9 Å². The first-order valence-electron chi connectivity index (χ1n) is 11.0. The van der Waals surface area contributed by atoms with E-state index in [0.717, 1.165) is 40.6 Å². The Bertz CT molecular complexity index is 1280. The zero-order chi connectivity index (χ0) is 22.1. The average molecular weight is 424 g/mol. The van der Waals surface area contributed by atoms with Gasteiger partial charge in [0.25, 0.3) is 0 Å². The molecule has 1 aliphatic carbocycles. The number of carboxylic acids is 1. The molecular weight excluding hydrogens is 398 g/mol. The molecule has 0 unspecified atom stereocenters. The maximum atomic E-state index is 12.1. The van der Waals surface area contributed by atoms with Crippen molar-refractivity contribution in [2.45, 2.75) is 31.8 Å². The number of aromatic carboxylic acids is 1. The number of carboxylic acid groups (broad SMARTS) is 1. The molecule has 1 N–H and O–H groups in total. The minimum atomic E-state index is -0.905. The number of nitrogens with zero attached hydrogens (tertiary/aromatic N) is 1. The van der Waals surface area contributed by atoms with E-state index < -0.39 is 5.97 Å². The van der Waals surface area contributed by atoms with E-state index in [1.165, 1.54) is 0 Å². The van der Waals surface area contributed by atoms with Crippen molar-refractivity contribution in [3.63, 3.8) is 0 Å². The second kappa shape index (κ2) is 8.12. The number of hydrogen-bond acceptors (Lipinski definition) is 3. The third-order valence-corrected chi connectivity index (χ3v) is 6.50. The summed E-state index contributed by atoms with van der Waals surface area (Å²) in [4.78, 5) is 16.8. The van der Waals surface area contributed by atoms with Crippen LogP contribution in [0.5, 0.6) is 5.75 Å². The van der Waals surface area contributed by atoms with Crippen LogP contribution in [-0.2, 0) is 12.0 Å². The number of carbonyl (C=O) groups is 1. The predicted octanol–water partition coefficient (Wildman–Crippen LogP) is 6.23. The van der Waals surface area contributed by atoms with E-state index in [0.29, 0.717) is 23.8 Å². The first kappa shape index (κ1) is 20.3. The molecule has 0 amide bonds. The Labute approximate surface area is 187 Å². The Hall–Kier alpha value is -3.66. The lowest BCUT2D eigenvalue weighted by atomic mass is 9.55. The van der Waals surface area contributed by atoms with Crippen molar-refractivity contribution in [3.05, 3.63) is 107 Å². The number of pyridine rings is 1. The fourth-order valence-corrected chi connectivity index (χ4v) is 5.04. The smallest absolute Gasteiger partial charge is 0.336 e. The van der Waals surface area contributed by atoms with Gasteiger partial charge in [-0.2, -0.15) is 0 Å². The molecule has 0 atom stereocenters. The summed E-state index contributed by atoms with van der Waals surface area (Å²) in [5, 5.41) is 11.0. The highest BCUT2D eigenvalue weighted by Gasteiger charge is 2.46. The molecule has 1 fully saturated rings. The van der Waals surface area contributed by atoms with Gasteiger partial charge in [0.1, 0.15) is 12.4 Å². The van der Waals surface area contributed by atoms with Gasteiger partial charge in [-0.25, -0.2) is 9.78 Å². The van der Waals surface area contributed by atoms with Gasteiger partial charge in [-0.1, -0.05) is 61.5 Å². The summed E-state index contributed by atoms with van der Waals surface area (Å²) >= 11 is 0. The van der Waals surface area contributed by atoms with Crippen molar-refractivity contribution >= 4 is 16.9 Å². The van der Waals surface area contributed by atoms with Gasteiger partial charge < -0.3 is 9.84 Å². The van der Waals surface area contributed by atoms with Crippen molar-refractivity contribution < 1.29 is 14.6 Å². The van der Waals surface area contributed by atoms with E-state index in [4.69, 9.17) is 4.74 Å². The molecule has 4 nitrogen and oxygen atoms in total. The van der Waals surface area contributed by atoms with E-state index in [1.807, 2.05) is 60.7 Å². The van der Waals surface area contributed by atoms with Crippen LogP contribution in [0.15, 0.2) is 84.9 Å². The Morgan fingerprint density at radius 1 is 1.00 bits per heavy atom. The average Bonchev–Trinajstić information content (AvgIpc) is 2.80. The van der Waals surface area contributed by atoms with Crippen LogP contribution in [-0.4, -0.2) is 16.1 Å². The molecule has 32 heavy (non-hydrogen) atoms. The van der Waals surface area contributed by atoms with Gasteiger partial charge in [-0.05, 0) is 60.2 Å². The van der Waals surface area contributed by atoms with Crippen LogP contribution >= 0.6 is 0 Å². The summed E-state index contributed by atoms with van der Waals surface area (Å²) in [7, 11) is 0. The third-order valence-electron chi connectivity index (χ3n) is 6.50. The fraction of sp³-hybridized carbons (Fsp3) is 0.214. The maximum absolute atomic E-state index is 12.1. The van der Waals surface area contributed by atoms with E-state index in [-0.39, 0.29) is 5.41 Å². The highest BCUT2D eigenvalue weighted by Crippen LogP contribution is 2.53. The lowest BCUT2D eigenvalue weighted by Crippen LogP contribution is -2.42. The summed E-state index contributed by atoms with van der Waals surface area (Å²) < 4.78 is 6.09. The lowest BCUT2D eigenvalue weighted by molar-refractivity contribution is 0.0690. The van der Waals surface area contributed by atoms with E-state index in [1.54, 1.807) is 12.1 Å². The molecule has 0 radical (unpaired) electrons. The molecule has 0 saturated heterocycles. The van der Waals surface area contributed by atoms with Crippen LogP contribution in [0, 0.1) is 5.92 Å². The summed E-state index contributed by atoms with van der Waals surface area (Å²) in [6, 6.07) is 27.6. The highest BCUT2D eigenvalue weighted by molar-refractivity contribution is 5.90. The number of rotatable bonds is 6. The molecule has 5 rings (SSSR count). The molecule has 1 aromatic heterocycles. The second-order valence-corrected chi connectivity index (χ2v) is 8.76. The van der Waals surface area contributed by atoms with Crippen LogP contribution in [0.3, 0.4) is 0 Å². The molecule has 160 valence electrons. The number of hydrogen-bond donors (Lipinski definition) is 1. The monoisotopic (exact) mass is 423 g/mol. The molecule has 1 aliphatic rings. The molecule has 1 heterocycles. The molecule has 4 aromatic rings. The predicted molar refractivity (Wildman–Crippen MR) is 125 cm³/mol. The third kappa shape index (κ3) is 3.62. The van der Waals surface area contributed by atoms with E-state index >= 15 is 0 Å². The normalized spacial score (nSPS) is 20.0.